The van der Waals surface area contributed by atoms with E-state index in [0.717, 1.165) is 50.2 Å². The van der Waals surface area contributed by atoms with Crippen LogP contribution in [-0.2, 0) is 12.6 Å². The highest BCUT2D eigenvalue weighted by atomic mass is 35.5. The molecule has 2 aromatic carbocycles. The van der Waals surface area contributed by atoms with Crippen LogP contribution < -0.4 is 10.6 Å². The highest BCUT2D eigenvalue weighted by molar-refractivity contribution is 6.31. The summed E-state index contributed by atoms with van der Waals surface area (Å²) in [5.41, 5.74) is 1.49. The highest BCUT2D eigenvalue weighted by Gasteiger charge is 2.34. The molecule has 1 fully saturated rings. The molecule has 0 aliphatic heterocycles. The molecule has 1 aromatic heterocycles. The molecule has 0 unspecified atom stereocenters. The molecule has 0 atom stereocenters. The van der Waals surface area contributed by atoms with E-state index in [9.17, 15) is 18.0 Å². The number of nitrogens with one attached hydrogen (secondary N) is 2. The Morgan fingerprint density at radius 3 is 2.50 bits per heavy atom. The Balaban J connectivity index is 1.42. The standard InChI is InChI=1S/C26H27ClF3N3O/c1-2-4-16-5-3-6-17(13-16)25(34)32-20-10-8-19(9-11-20)31-23-15-24(26(28,29)30)33-22-12-7-18(27)14-21(22)23/h3,5-7,12-15,19-20H,2,4,8-11H2,1H3,(H,31,33)(H,32,34). The van der Waals surface area contributed by atoms with Gasteiger partial charge in [-0.15, -0.1) is 0 Å². The summed E-state index contributed by atoms with van der Waals surface area (Å²) in [6.07, 6.45) is 0.357. The van der Waals surface area contributed by atoms with Gasteiger partial charge in [0.1, 0.15) is 5.69 Å². The van der Waals surface area contributed by atoms with E-state index in [1.165, 1.54) is 12.1 Å². The molecule has 180 valence electrons. The van der Waals surface area contributed by atoms with Gasteiger partial charge < -0.3 is 10.6 Å². The van der Waals surface area contributed by atoms with E-state index >= 15 is 0 Å². The fraction of sp³-hybridized carbons (Fsp3) is 0.385. The first-order valence-electron chi connectivity index (χ1n) is 11.6. The van der Waals surface area contributed by atoms with Gasteiger partial charge in [0.15, 0.2) is 0 Å². The van der Waals surface area contributed by atoms with Gasteiger partial charge in [0, 0.05) is 33.7 Å². The van der Waals surface area contributed by atoms with E-state index in [0.29, 0.717) is 21.7 Å². The molecule has 1 heterocycles. The van der Waals surface area contributed by atoms with Crippen molar-refractivity contribution in [2.24, 2.45) is 0 Å². The predicted octanol–water partition coefficient (Wildman–Crippen LogP) is 7.01. The van der Waals surface area contributed by atoms with E-state index in [-0.39, 0.29) is 23.5 Å². The minimum atomic E-state index is -4.54. The molecule has 1 saturated carbocycles. The Morgan fingerprint density at radius 1 is 1.06 bits per heavy atom. The molecule has 0 spiro atoms. The van der Waals surface area contributed by atoms with Crippen molar-refractivity contribution in [3.8, 4) is 0 Å². The smallest absolute Gasteiger partial charge is 0.382 e. The van der Waals surface area contributed by atoms with Crippen LogP contribution in [0.5, 0.6) is 0 Å². The van der Waals surface area contributed by atoms with Crippen LogP contribution >= 0.6 is 11.6 Å². The lowest BCUT2D eigenvalue weighted by Gasteiger charge is -2.31. The molecule has 1 aliphatic carbocycles. The van der Waals surface area contributed by atoms with E-state index in [1.54, 1.807) is 6.07 Å². The van der Waals surface area contributed by atoms with Gasteiger partial charge in [0.25, 0.3) is 5.91 Å². The van der Waals surface area contributed by atoms with Gasteiger partial charge >= 0.3 is 6.18 Å². The fourth-order valence-corrected chi connectivity index (χ4v) is 4.66. The second-order valence-electron chi connectivity index (χ2n) is 8.83. The van der Waals surface area contributed by atoms with Crippen LogP contribution in [0.2, 0.25) is 5.02 Å². The number of fused-ring (bicyclic) bond motifs is 1. The maximum atomic E-state index is 13.4. The molecule has 0 bridgehead atoms. The van der Waals surface area contributed by atoms with Crippen molar-refractivity contribution >= 4 is 34.1 Å². The maximum Gasteiger partial charge on any atom is 0.433 e. The third kappa shape index (κ3) is 5.81. The molecule has 1 amide bonds. The number of hydrogen-bond acceptors (Lipinski definition) is 3. The summed E-state index contributed by atoms with van der Waals surface area (Å²) in [5.74, 6) is -0.0843. The van der Waals surface area contributed by atoms with Crippen LogP contribution in [0.3, 0.4) is 0 Å². The molecular formula is C26H27ClF3N3O. The number of nitrogens with zero attached hydrogens (tertiary/aromatic N) is 1. The summed E-state index contributed by atoms with van der Waals surface area (Å²) >= 11 is 6.09. The number of aromatic nitrogens is 1. The van der Waals surface area contributed by atoms with Crippen molar-refractivity contribution in [1.29, 1.82) is 0 Å². The molecule has 8 heteroatoms. The molecular weight excluding hydrogens is 463 g/mol. The van der Waals surface area contributed by atoms with Crippen molar-refractivity contribution in [2.75, 3.05) is 5.32 Å². The monoisotopic (exact) mass is 489 g/mol. The lowest BCUT2D eigenvalue weighted by molar-refractivity contribution is -0.140. The third-order valence-electron chi connectivity index (χ3n) is 6.21. The van der Waals surface area contributed by atoms with Crippen molar-refractivity contribution in [1.82, 2.24) is 10.3 Å². The molecule has 34 heavy (non-hydrogen) atoms. The Labute approximate surface area is 201 Å². The Hall–Kier alpha value is -2.80. The minimum Gasteiger partial charge on any atom is -0.382 e. The van der Waals surface area contributed by atoms with Crippen molar-refractivity contribution < 1.29 is 18.0 Å². The van der Waals surface area contributed by atoms with Crippen molar-refractivity contribution in [3.63, 3.8) is 0 Å². The molecule has 2 N–H and O–H groups in total. The van der Waals surface area contributed by atoms with Gasteiger partial charge in [-0.3, -0.25) is 4.79 Å². The average Bonchev–Trinajstić information content (AvgIpc) is 2.80. The second kappa shape index (κ2) is 10.2. The molecule has 1 aliphatic rings. The Morgan fingerprint density at radius 2 is 1.79 bits per heavy atom. The van der Waals surface area contributed by atoms with Gasteiger partial charge in [-0.1, -0.05) is 37.1 Å². The molecule has 0 saturated heterocycles. The number of carbonyl (C=O) groups excluding carboxylic acids is 1. The van der Waals surface area contributed by atoms with Gasteiger partial charge in [-0.05, 0) is 74.1 Å². The minimum absolute atomic E-state index is 0.00769. The summed E-state index contributed by atoms with van der Waals surface area (Å²) in [6, 6.07) is 13.4. The number of hydrogen-bond donors (Lipinski definition) is 2. The Bertz CT molecular complexity index is 1170. The lowest BCUT2D eigenvalue weighted by Crippen LogP contribution is -2.40. The fourth-order valence-electron chi connectivity index (χ4n) is 4.49. The number of aryl methyl sites for hydroxylation is 1. The molecule has 4 rings (SSSR count). The van der Waals surface area contributed by atoms with E-state index < -0.39 is 11.9 Å². The van der Waals surface area contributed by atoms with Gasteiger partial charge in [0.05, 0.1) is 5.52 Å². The van der Waals surface area contributed by atoms with Crippen molar-refractivity contribution in [2.45, 2.75) is 63.7 Å². The van der Waals surface area contributed by atoms with Crippen LogP contribution in [0.15, 0.2) is 48.5 Å². The number of pyridine rings is 1. The van der Waals surface area contributed by atoms with Gasteiger partial charge in [0.2, 0.25) is 0 Å². The van der Waals surface area contributed by atoms with Crippen LogP contribution in [0, 0.1) is 0 Å². The second-order valence-corrected chi connectivity index (χ2v) is 9.27. The largest absolute Gasteiger partial charge is 0.433 e. The topological polar surface area (TPSA) is 54.0 Å². The van der Waals surface area contributed by atoms with Gasteiger partial charge in [-0.2, -0.15) is 13.2 Å². The first-order valence-corrected chi connectivity index (χ1v) is 11.9. The van der Waals surface area contributed by atoms with Crippen LogP contribution in [0.4, 0.5) is 18.9 Å². The zero-order chi connectivity index (χ0) is 24.3. The Kier molecular flexibility index (Phi) is 7.31. The third-order valence-corrected chi connectivity index (χ3v) is 6.45. The number of rotatable bonds is 6. The first kappa shape index (κ1) is 24.3. The van der Waals surface area contributed by atoms with Crippen LogP contribution in [0.1, 0.15) is 60.6 Å². The quantitative estimate of drug-likeness (QED) is 0.391. The summed E-state index contributed by atoms with van der Waals surface area (Å²) in [5, 5.41) is 7.39. The summed E-state index contributed by atoms with van der Waals surface area (Å²) < 4.78 is 40.1. The molecule has 3 aromatic rings. The highest BCUT2D eigenvalue weighted by Crippen LogP contribution is 2.35. The normalized spacial score (nSPS) is 18.6. The zero-order valence-electron chi connectivity index (χ0n) is 18.9. The predicted molar refractivity (Wildman–Crippen MR) is 129 cm³/mol. The summed E-state index contributed by atoms with van der Waals surface area (Å²) in [7, 11) is 0. The number of amides is 1. The average molecular weight is 490 g/mol. The maximum absolute atomic E-state index is 13.4. The number of halogens is 4. The number of benzene rings is 2. The number of anilines is 1. The van der Waals surface area contributed by atoms with Crippen LogP contribution in [-0.4, -0.2) is 23.0 Å². The zero-order valence-corrected chi connectivity index (χ0v) is 19.6. The molecule has 4 nitrogen and oxygen atoms in total. The van der Waals surface area contributed by atoms with E-state index in [4.69, 9.17) is 11.6 Å². The first-order chi connectivity index (χ1) is 16.2. The summed E-state index contributed by atoms with van der Waals surface area (Å²) in [6.45, 7) is 2.10. The SMILES string of the molecule is CCCc1cccc(C(=O)NC2CCC(Nc3cc(C(F)(F)F)nc4ccc(Cl)cc34)CC2)c1. The summed E-state index contributed by atoms with van der Waals surface area (Å²) in [4.78, 5) is 16.5. The van der Waals surface area contributed by atoms with E-state index in [1.807, 2.05) is 24.3 Å². The van der Waals surface area contributed by atoms with E-state index in [2.05, 4.69) is 22.5 Å². The van der Waals surface area contributed by atoms with Gasteiger partial charge in [-0.25, -0.2) is 4.98 Å². The lowest BCUT2D eigenvalue weighted by atomic mass is 9.90. The van der Waals surface area contributed by atoms with Crippen molar-refractivity contribution in [3.05, 3.63) is 70.4 Å². The number of carbonyl (C=O) groups is 1. The number of alkyl halides is 3. The van der Waals surface area contributed by atoms with Crippen LogP contribution in [0.25, 0.3) is 10.9 Å². The molecule has 0 radical (unpaired) electrons.